The average molecular weight is 1000 g/mol. The molecule has 0 N–H and O–H groups in total. The zero-order valence-electron chi connectivity index (χ0n) is 47.2. The molecule has 6 nitrogen and oxygen atoms in total. The zero-order chi connectivity index (χ0) is 52.2. The molecule has 6 heteroatoms. The Morgan fingerprint density at radius 2 is 0.556 bits per heavy atom. The monoisotopic (exact) mass is 1000 g/mol. The molecule has 1 unspecified atom stereocenters. The predicted octanol–water partition coefficient (Wildman–Crippen LogP) is 20.5. The van der Waals surface area contributed by atoms with Crippen molar-refractivity contribution in [3.63, 3.8) is 0 Å². The van der Waals surface area contributed by atoms with Gasteiger partial charge in [0.25, 0.3) is 0 Å². The molecule has 0 aromatic carbocycles. The smallest absolute Gasteiger partial charge is 0.306 e. The van der Waals surface area contributed by atoms with Crippen LogP contribution in [0.5, 0.6) is 0 Å². The lowest BCUT2D eigenvalue weighted by molar-refractivity contribution is -0.167. The van der Waals surface area contributed by atoms with Gasteiger partial charge in [0, 0.05) is 19.3 Å². The molecule has 0 saturated heterocycles. The minimum absolute atomic E-state index is 0.0875. The Kier molecular flexibility index (Phi) is 56.8. The van der Waals surface area contributed by atoms with Crippen LogP contribution in [0.15, 0.2) is 97.2 Å². The molecule has 0 aromatic rings. The van der Waals surface area contributed by atoms with Gasteiger partial charge in [-0.1, -0.05) is 246 Å². The Balaban J connectivity index is 4.37. The van der Waals surface area contributed by atoms with Crippen molar-refractivity contribution in [1.82, 2.24) is 0 Å². The molecular weight excluding hydrogens is 889 g/mol. The maximum absolute atomic E-state index is 12.9. The molecule has 0 fully saturated rings. The summed E-state index contributed by atoms with van der Waals surface area (Å²) in [6.45, 7) is 6.46. The first kappa shape index (κ1) is 68.3. The van der Waals surface area contributed by atoms with Crippen LogP contribution >= 0.6 is 0 Å². The highest BCUT2D eigenvalue weighted by Gasteiger charge is 2.19. The van der Waals surface area contributed by atoms with Crippen molar-refractivity contribution in [3.8, 4) is 0 Å². The fourth-order valence-electron chi connectivity index (χ4n) is 8.25. The van der Waals surface area contributed by atoms with Gasteiger partial charge >= 0.3 is 17.9 Å². The van der Waals surface area contributed by atoms with Crippen LogP contribution in [-0.2, 0) is 28.6 Å². The summed E-state index contributed by atoms with van der Waals surface area (Å²) in [6.07, 6.45) is 79.7. The number of carbonyl (C=O) groups is 3. The second-order valence-electron chi connectivity index (χ2n) is 19.9. The SMILES string of the molecule is CC/C=C\C/C=C\C/C=C\C/C=C\CCCCCCCCCCCCC(=O)OCC(COC(=O)CCCCCCC/C=C\C/C=C\CCCC)OC(=O)CCCCCCCCC/C=C\C/C=C\CCCCC. The number of allylic oxidation sites excluding steroid dienone is 16. The van der Waals surface area contributed by atoms with E-state index in [0.29, 0.717) is 19.3 Å². The summed E-state index contributed by atoms with van der Waals surface area (Å²) < 4.78 is 16.9. The second-order valence-corrected chi connectivity index (χ2v) is 19.9. The molecular formula is C66H112O6. The van der Waals surface area contributed by atoms with Crippen molar-refractivity contribution in [2.45, 2.75) is 290 Å². The van der Waals surface area contributed by atoms with E-state index in [1.807, 2.05) is 0 Å². The van der Waals surface area contributed by atoms with E-state index in [0.717, 1.165) is 122 Å². The summed E-state index contributed by atoms with van der Waals surface area (Å²) >= 11 is 0. The van der Waals surface area contributed by atoms with Crippen molar-refractivity contribution in [2.24, 2.45) is 0 Å². The van der Waals surface area contributed by atoms with Gasteiger partial charge in [0.05, 0.1) is 0 Å². The van der Waals surface area contributed by atoms with Crippen LogP contribution in [-0.4, -0.2) is 37.2 Å². The summed E-state index contributed by atoms with van der Waals surface area (Å²) in [7, 11) is 0. The summed E-state index contributed by atoms with van der Waals surface area (Å²) in [6, 6.07) is 0. The number of hydrogen-bond donors (Lipinski definition) is 0. The van der Waals surface area contributed by atoms with E-state index in [2.05, 4.69) is 118 Å². The number of unbranched alkanes of at least 4 members (excludes halogenated alkanes) is 27. The average Bonchev–Trinajstić information content (AvgIpc) is 3.38. The van der Waals surface area contributed by atoms with Gasteiger partial charge in [0.15, 0.2) is 6.10 Å². The van der Waals surface area contributed by atoms with Crippen molar-refractivity contribution >= 4 is 17.9 Å². The van der Waals surface area contributed by atoms with Crippen LogP contribution in [0, 0.1) is 0 Å². The second kappa shape index (κ2) is 59.9. The minimum atomic E-state index is -0.791. The summed E-state index contributed by atoms with van der Waals surface area (Å²) in [5.41, 5.74) is 0. The standard InChI is InChI=1S/C66H112O6/c1-4-7-10-13-16-19-22-25-28-30-31-32-33-34-35-37-38-41-44-47-50-53-56-59-65(68)71-62-63(61-70-64(67)58-55-52-49-46-43-40-27-24-21-18-15-12-9-6-3)72-66(69)60-57-54-51-48-45-42-39-36-29-26-23-20-17-14-11-8-5-2/h7,10,15-20,24-29,31-32,63H,4-6,8-9,11-14,21-23,30,33-62H2,1-3H3/b10-7-,18-15-,19-16-,20-17-,27-24-,28-25-,29-26-,32-31-. The number of hydrogen-bond acceptors (Lipinski definition) is 6. The topological polar surface area (TPSA) is 78.9 Å². The number of esters is 3. The highest BCUT2D eigenvalue weighted by Crippen LogP contribution is 2.15. The molecule has 0 amide bonds. The molecule has 0 aliphatic rings. The molecule has 0 saturated carbocycles. The lowest BCUT2D eigenvalue weighted by Gasteiger charge is -2.18. The Bertz CT molecular complexity index is 1430. The maximum atomic E-state index is 12.9. The van der Waals surface area contributed by atoms with Crippen molar-refractivity contribution < 1.29 is 28.6 Å². The molecule has 0 aliphatic heterocycles. The van der Waals surface area contributed by atoms with Crippen LogP contribution in [0.1, 0.15) is 284 Å². The highest BCUT2D eigenvalue weighted by molar-refractivity contribution is 5.71. The molecule has 1 atom stereocenters. The lowest BCUT2D eigenvalue weighted by Crippen LogP contribution is -2.30. The summed E-state index contributed by atoms with van der Waals surface area (Å²) in [4.78, 5) is 38.2. The molecule has 0 aliphatic carbocycles. The van der Waals surface area contributed by atoms with Gasteiger partial charge in [-0.2, -0.15) is 0 Å². The maximum Gasteiger partial charge on any atom is 0.306 e. The zero-order valence-corrected chi connectivity index (χ0v) is 47.2. The molecule has 0 spiro atoms. The number of carbonyl (C=O) groups excluding carboxylic acids is 3. The molecule has 0 radical (unpaired) electrons. The largest absolute Gasteiger partial charge is 0.462 e. The fourth-order valence-corrected chi connectivity index (χ4v) is 8.25. The quantitative estimate of drug-likeness (QED) is 0.0261. The predicted molar refractivity (Wildman–Crippen MR) is 311 cm³/mol. The Morgan fingerprint density at radius 1 is 0.292 bits per heavy atom. The molecule has 412 valence electrons. The van der Waals surface area contributed by atoms with E-state index in [-0.39, 0.29) is 31.1 Å². The van der Waals surface area contributed by atoms with Crippen molar-refractivity contribution in [1.29, 1.82) is 0 Å². The summed E-state index contributed by atoms with van der Waals surface area (Å²) in [5.74, 6) is -0.908. The van der Waals surface area contributed by atoms with E-state index < -0.39 is 6.10 Å². The molecule has 0 rings (SSSR count). The number of ether oxygens (including phenoxy) is 3. The third kappa shape index (κ3) is 57.2. The van der Waals surface area contributed by atoms with Gasteiger partial charge < -0.3 is 14.2 Å². The van der Waals surface area contributed by atoms with Gasteiger partial charge in [0.2, 0.25) is 0 Å². The highest BCUT2D eigenvalue weighted by atomic mass is 16.6. The van der Waals surface area contributed by atoms with Gasteiger partial charge in [-0.15, -0.1) is 0 Å². The van der Waals surface area contributed by atoms with Gasteiger partial charge in [0.1, 0.15) is 13.2 Å². The lowest BCUT2D eigenvalue weighted by atomic mass is 10.1. The third-order valence-corrected chi connectivity index (χ3v) is 12.8. The first-order valence-corrected chi connectivity index (χ1v) is 30.2. The first-order chi connectivity index (χ1) is 35.5. The van der Waals surface area contributed by atoms with Crippen LogP contribution in [0.25, 0.3) is 0 Å². The molecule has 0 bridgehead atoms. The van der Waals surface area contributed by atoms with E-state index in [4.69, 9.17) is 14.2 Å². The van der Waals surface area contributed by atoms with Gasteiger partial charge in [-0.25, -0.2) is 0 Å². The normalized spacial score (nSPS) is 12.8. The van der Waals surface area contributed by atoms with Crippen LogP contribution in [0.2, 0.25) is 0 Å². The van der Waals surface area contributed by atoms with E-state index >= 15 is 0 Å². The molecule has 0 aromatic heterocycles. The van der Waals surface area contributed by atoms with E-state index in [1.54, 1.807) is 0 Å². The van der Waals surface area contributed by atoms with Crippen LogP contribution in [0.4, 0.5) is 0 Å². The Morgan fingerprint density at radius 3 is 0.889 bits per heavy atom. The minimum Gasteiger partial charge on any atom is -0.462 e. The Hall–Kier alpha value is -3.67. The van der Waals surface area contributed by atoms with Crippen molar-refractivity contribution in [3.05, 3.63) is 97.2 Å². The Labute approximate surface area is 445 Å². The molecule has 72 heavy (non-hydrogen) atoms. The van der Waals surface area contributed by atoms with Crippen molar-refractivity contribution in [2.75, 3.05) is 13.2 Å². The first-order valence-electron chi connectivity index (χ1n) is 30.2. The fraction of sp³-hybridized carbons (Fsp3) is 0.712. The van der Waals surface area contributed by atoms with E-state index in [9.17, 15) is 14.4 Å². The van der Waals surface area contributed by atoms with Crippen LogP contribution in [0.3, 0.4) is 0 Å². The van der Waals surface area contributed by atoms with Gasteiger partial charge in [-0.3, -0.25) is 14.4 Å². The van der Waals surface area contributed by atoms with Crippen LogP contribution < -0.4 is 0 Å². The third-order valence-electron chi connectivity index (χ3n) is 12.8. The number of rotatable bonds is 54. The molecule has 0 heterocycles. The van der Waals surface area contributed by atoms with Gasteiger partial charge in [-0.05, 0) is 116 Å². The van der Waals surface area contributed by atoms with E-state index in [1.165, 1.54) is 122 Å². The summed E-state index contributed by atoms with van der Waals surface area (Å²) in [5, 5.41) is 0.